The number of esters is 1. The molecule has 0 aliphatic carbocycles. The van der Waals surface area contributed by atoms with Gasteiger partial charge in [-0.25, -0.2) is 9.18 Å². The van der Waals surface area contributed by atoms with Gasteiger partial charge in [-0.15, -0.1) is 11.3 Å². The quantitative estimate of drug-likeness (QED) is 0.422. The fraction of sp³-hybridized carbons (Fsp3) is 0.111. The van der Waals surface area contributed by atoms with E-state index in [0.29, 0.717) is 15.4 Å². The summed E-state index contributed by atoms with van der Waals surface area (Å²) in [5, 5.41) is 0.475. The summed E-state index contributed by atoms with van der Waals surface area (Å²) in [6.07, 6.45) is 0. The number of hydrogen-bond acceptors (Lipinski definition) is 4. The summed E-state index contributed by atoms with van der Waals surface area (Å²) in [5.41, 5.74) is 0.427. The van der Waals surface area contributed by atoms with Crippen molar-refractivity contribution in [2.24, 2.45) is 0 Å². The van der Waals surface area contributed by atoms with E-state index in [4.69, 9.17) is 27.9 Å². The van der Waals surface area contributed by atoms with Crippen molar-refractivity contribution in [3.05, 3.63) is 62.0 Å². The lowest BCUT2D eigenvalue weighted by Gasteiger charge is -2.09. The first-order valence-electron chi connectivity index (χ1n) is 7.65. The van der Waals surface area contributed by atoms with Crippen LogP contribution in [0.4, 0.5) is 4.39 Å². The summed E-state index contributed by atoms with van der Waals surface area (Å²) in [7, 11) is 0. The average molecular weight is 410 g/mol. The van der Waals surface area contributed by atoms with Crippen molar-refractivity contribution in [3.63, 3.8) is 0 Å². The molecule has 4 nitrogen and oxygen atoms in total. The Morgan fingerprint density at radius 3 is 2.73 bits per heavy atom. The highest BCUT2D eigenvalue weighted by atomic mass is 35.5. The fourth-order valence-electron chi connectivity index (χ4n) is 2.93. The van der Waals surface area contributed by atoms with Gasteiger partial charge in [0.25, 0.3) is 0 Å². The molecule has 26 heavy (non-hydrogen) atoms. The second kappa shape index (κ2) is 6.23. The third-order valence-corrected chi connectivity index (χ3v) is 5.67. The van der Waals surface area contributed by atoms with Crippen molar-refractivity contribution in [1.29, 1.82) is 0 Å². The van der Waals surface area contributed by atoms with Crippen molar-refractivity contribution < 1.29 is 13.9 Å². The lowest BCUT2D eigenvalue weighted by molar-refractivity contribution is 0.0527. The second-order valence-electron chi connectivity index (χ2n) is 5.56. The van der Waals surface area contributed by atoms with Crippen molar-refractivity contribution >= 4 is 66.5 Å². The molecule has 0 atom stereocenters. The number of nitrogens with zero attached hydrogens (tertiary/aromatic N) is 1. The Bertz CT molecular complexity index is 1280. The van der Waals surface area contributed by atoms with Crippen LogP contribution in [-0.4, -0.2) is 17.0 Å². The predicted octanol–water partition coefficient (Wildman–Crippen LogP) is 5.29. The molecule has 0 radical (unpaired) electrons. The highest BCUT2D eigenvalue weighted by Gasteiger charge is 2.23. The van der Waals surface area contributed by atoms with E-state index >= 15 is 0 Å². The van der Waals surface area contributed by atoms with E-state index in [-0.39, 0.29) is 22.6 Å². The van der Waals surface area contributed by atoms with E-state index in [2.05, 4.69) is 0 Å². The molecule has 2 aromatic heterocycles. The van der Waals surface area contributed by atoms with Crippen LogP contribution >= 0.6 is 34.5 Å². The van der Waals surface area contributed by atoms with Gasteiger partial charge in [0.2, 0.25) is 5.43 Å². The molecule has 2 aromatic carbocycles. The Morgan fingerprint density at radius 1 is 1.23 bits per heavy atom. The molecule has 0 bridgehead atoms. The summed E-state index contributed by atoms with van der Waals surface area (Å²) < 4.78 is 21.5. The summed E-state index contributed by atoms with van der Waals surface area (Å²) in [5.74, 6) is -1.47. The second-order valence-corrected chi connectivity index (χ2v) is 7.44. The Kier molecular flexibility index (Phi) is 4.14. The Hall–Kier alpha value is -2.15. The van der Waals surface area contributed by atoms with Crippen LogP contribution in [0.2, 0.25) is 10.0 Å². The minimum Gasteiger partial charge on any atom is -0.462 e. The number of benzene rings is 2. The fourth-order valence-corrected chi connectivity index (χ4v) is 4.55. The zero-order chi connectivity index (χ0) is 18.6. The predicted molar refractivity (Wildman–Crippen MR) is 102 cm³/mol. The molecule has 4 rings (SSSR count). The van der Waals surface area contributed by atoms with Crippen molar-refractivity contribution in [1.82, 2.24) is 4.40 Å². The van der Waals surface area contributed by atoms with E-state index in [1.54, 1.807) is 29.5 Å². The zero-order valence-corrected chi connectivity index (χ0v) is 15.6. The summed E-state index contributed by atoms with van der Waals surface area (Å²) in [6, 6.07) is 7.66. The SMILES string of the molecule is CCOC(=O)c1c(=O)c2cc(F)c(Cl)cc2n2c1sc1cc(Cl)ccc12. The lowest BCUT2D eigenvalue weighted by atomic mass is 10.1. The first-order valence-corrected chi connectivity index (χ1v) is 9.22. The normalized spacial score (nSPS) is 11.5. The number of carbonyl (C=O) groups excluding carboxylic acids is 1. The average Bonchev–Trinajstić information content (AvgIpc) is 2.95. The number of hydrogen-bond donors (Lipinski definition) is 0. The van der Waals surface area contributed by atoms with Gasteiger partial charge in [0.05, 0.1) is 32.7 Å². The highest BCUT2D eigenvalue weighted by Crippen LogP contribution is 2.34. The lowest BCUT2D eigenvalue weighted by Crippen LogP contribution is -2.19. The number of carbonyl (C=O) groups is 1. The molecule has 0 amide bonds. The van der Waals surface area contributed by atoms with Gasteiger partial charge in [-0.2, -0.15) is 0 Å². The van der Waals surface area contributed by atoms with Gasteiger partial charge in [0.1, 0.15) is 16.2 Å². The third-order valence-electron chi connectivity index (χ3n) is 4.02. The number of pyridine rings is 1. The van der Waals surface area contributed by atoms with Crippen LogP contribution in [0.5, 0.6) is 0 Å². The molecule has 0 aliphatic heterocycles. The zero-order valence-electron chi connectivity index (χ0n) is 13.3. The van der Waals surface area contributed by atoms with Gasteiger partial charge in [-0.3, -0.25) is 9.20 Å². The first kappa shape index (κ1) is 17.3. The van der Waals surface area contributed by atoms with Crippen LogP contribution in [0, 0.1) is 5.82 Å². The molecular formula is C18H10Cl2FNO3S. The monoisotopic (exact) mass is 409 g/mol. The van der Waals surface area contributed by atoms with E-state index in [1.165, 1.54) is 17.4 Å². The standard InChI is InChI=1S/C18H10Cl2FNO3S/c1-2-25-18(24)15-16(23)9-6-11(21)10(20)7-13(9)22-12-4-3-8(19)5-14(12)26-17(15)22/h3-7H,2H2,1H3. The van der Waals surface area contributed by atoms with Crippen LogP contribution in [0.15, 0.2) is 35.1 Å². The molecule has 132 valence electrons. The summed E-state index contributed by atoms with van der Waals surface area (Å²) in [6.45, 7) is 1.77. The van der Waals surface area contributed by atoms with Gasteiger partial charge >= 0.3 is 5.97 Å². The number of aromatic nitrogens is 1. The van der Waals surface area contributed by atoms with Gasteiger partial charge in [0.15, 0.2) is 0 Å². The summed E-state index contributed by atoms with van der Waals surface area (Å²) >= 11 is 13.2. The van der Waals surface area contributed by atoms with E-state index in [0.717, 1.165) is 16.3 Å². The highest BCUT2D eigenvalue weighted by molar-refractivity contribution is 7.24. The number of ether oxygens (including phenoxy) is 1. The molecule has 4 aromatic rings. The van der Waals surface area contributed by atoms with Gasteiger partial charge in [-0.1, -0.05) is 23.2 Å². The minimum atomic E-state index is -0.745. The molecule has 0 N–H and O–H groups in total. The van der Waals surface area contributed by atoms with Gasteiger partial charge < -0.3 is 4.74 Å². The number of rotatable bonds is 2. The Balaban J connectivity index is 2.30. The molecule has 0 spiro atoms. The molecule has 8 heteroatoms. The van der Waals surface area contributed by atoms with Crippen molar-refractivity contribution in [3.8, 4) is 0 Å². The van der Waals surface area contributed by atoms with Crippen LogP contribution in [0.25, 0.3) is 25.9 Å². The largest absolute Gasteiger partial charge is 0.462 e. The minimum absolute atomic E-state index is 0.0575. The number of halogens is 3. The van der Waals surface area contributed by atoms with E-state index in [9.17, 15) is 14.0 Å². The molecule has 0 saturated heterocycles. The number of fused-ring (bicyclic) bond motifs is 5. The Labute approximate surface area is 160 Å². The van der Waals surface area contributed by atoms with Crippen LogP contribution in [-0.2, 0) is 4.74 Å². The van der Waals surface area contributed by atoms with Crippen molar-refractivity contribution in [2.45, 2.75) is 6.92 Å². The van der Waals surface area contributed by atoms with Gasteiger partial charge in [-0.05, 0) is 37.3 Å². The maximum absolute atomic E-state index is 14.0. The molecule has 2 heterocycles. The molecule has 0 saturated carbocycles. The Morgan fingerprint density at radius 2 is 2.00 bits per heavy atom. The maximum atomic E-state index is 14.0. The first-order chi connectivity index (χ1) is 12.4. The molecule has 0 fully saturated rings. The molecular weight excluding hydrogens is 400 g/mol. The maximum Gasteiger partial charge on any atom is 0.345 e. The number of thiazole rings is 1. The van der Waals surface area contributed by atoms with Crippen LogP contribution < -0.4 is 5.43 Å². The molecule has 0 unspecified atom stereocenters. The van der Waals surface area contributed by atoms with E-state index < -0.39 is 17.2 Å². The molecule has 0 aliphatic rings. The van der Waals surface area contributed by atoms with Crippen molar-refractivity contribution in [2.75, 3.05) is 6.61 Å². The van der Waals surface area contributed by atoms with Crippen LogP contribution in [0.3, 0.4) is 0 Å². The smallest absolute Gasteiger partial charge is 0.345 e. The topological polar surface area (TPSA) is 47.8 Å². The summed E-state index contributed by atoms with van der Waals surface area (Å²) in [4.78, 5) is 25.8. The van der Waals surface area contributed by atoms with Crippen LogP contribution in [0.1, 0.15) is 17.3 Å². The van der Waals surface area contributed by atoms with E-state index in [1.807, 2.05) is 0 Å². The van der Waals surface area contributed by atoms with Gasteiger partial charge in [0, 0.05) is 5.02 Å². The third kappa shape index (κ3) is 2.48.